The van der Waals surface area contributed by atoms with Crippen LogP contribution in [0.2, 0.25) is 0 Å². The second-order valence-electron chi connectivity index (χ2n) is 5.64. The van der Waals surface area contributed by atoms with Crippen LogP contribution in [0.15, 0.2) is 36.5 Å². The fourth-order valence-electron chi connectivity index (χ4n) is 2.80. The van der Waals surface area contributed by atoms with Gasteiger partial charge in [0.25, 0.3) is 11.8 Å². The average Bonchev–Trinajstić information content (AvgIpc) is 2.53. The first-order valence-electron chi connectivity index (χ1n) is 7.16. The molecule has 0 unspecified atom stereocenters. The molecular weight excluding hydrogens is 282 g/mol. The molecule has 114 valence electrons. The Kier molecular flexibility index (Phi) is 3.54. The van der Waals surface area contributed by atoms with Crippen molar-refractivity contribution in [1.29, 1.82) is 0 Å². The molecule has 6 heteroatoms. The highest BCUT2D eigenvalue weighted by Crippen LogP contribution is 2.23. The van der Waals surface area contributed by atoms with Crippen LogP contribution < -0.4 is 5.73 Å². The molecule has 2 amide bonds. The SMILES string of the molecule is NC(=O)[C@@]1(O)CCCN(C(=O)c2ccc3ncccc3c2)C1. The maximum atomic E-state index is 12.6. The first-order valence-corrected chi connectivity index (χ1v) is 7.16. The summed E-state index contributed by atoms with van der Waals surface area (Å²) in [5.41, 5.74) is 4.93. The molecule has 1 aliphatic rings. The van der Waals surface area contributed by atoms with Crippen molar-refractivity contribution in [2.75, 3.05) is 13.1 Å². The van der Waals surface area contributed by atoms with Gasteiger partial charge >= 0.3 is 0 Å². The van der Waals surface area contributed by atoms with Crippen LogP contribution in [0, 0.1) is 0 Å². The molecule has 1 aliphatic heterocycles. The summed E-state index contributed by atoms with van der Waals surface area (Å²) in [6, 6.07) is 8.95. The molecule has 0 saturated carbocycles. The van der Waals surface area contributed by atoms with Crippen LogP contribution in [-0.4, -0.2) is 45.5 Å². The molecule has 22 heavy (non-hydrogen) atoms. The number of β-amino-alcohol motifs (C(OH)–C–C–N with tert-alkyl or cyclic N) is 1. The number of carbonyl (C=O) groups is 2. The Balaban J connectivity index is 1.87. The van der Waals surface area contributed by atoms with Gasteiger partial charge in [-0.05, 0) is 37.1 Å². The van der Waals surface area contributed by atoms with E-state index in [-0.39, 0.29) is 18.9 Å². The number of hydrogen-bond acceptors (Lipinski definition) is 4. The highest BCUT2D eigenvalue weighted by molar-refractivity contribution is 5.98. The van der Waals surface area contributed by atoms with E-state index in [1.54, 1.807) is 24.4 Å². The van der Waals surface area contributed by atoms with E-state index >= 15 is 0 Å². The van der Waals surface area contributed by atoms with Crippen LogP contribution in [-0.2, 0) is 4.79 Å². The Morgan fingerprint density at radius 3 is 2.91 bits per heavy atom. The standard InChI is InChI=1S/C16H17N3O3/c17-15(21)16(22)6-2-8-19(10-16)14(20)12-4-5-13-11(9-12)3-1-7-18-13/h1,3-5,7,9,22H,2,6,8,10H2,(H2,17,21)/t16-/m1/s1. The van der Waals surface area contributed by atoms with Crippen molar-refractivity contribution in [2.24, 2.45) is 5.73 Å². The number of fused-ring (bicyclic) bond motifs is 1. The van der Waals surface area contributed by atoms with E-state index in [4.69, 9.17) is 5.73 Å². The molecule has 0 spiro atoms. The quantitative estimate of drug-likeness (QED) is 0.852. The predicted octanol–water partition coefficient (Wildman–Crippen LogP) is 0.687. The Morgan fingerprint density at radius 1 is 1.32 bits per heavy atom. The summed E-state index contributed by atoms with van der Waals surface area (Å²) < 4.78 is 0. The zero-order valence-corrected chi connectivity index (χ0v) is 12.0. The van der Waals surface area contributed by atoms with Gasteiger partial charge in [-0.1, -0.05) is 6.07 Å². The van der Waals surface area contributed by atoms with Gasteiger partial charge in [0, 0.05) is 23.7 Å². The maximum absolute atomic E-state index is 12.6. The van der Waals surface area contributed by atoms with Crippen LogP contribution in [0.5, 0.6) is 0 Å². The monoisotopic (exact) mass is 299 g/mol. The molecule has 1 atom stereocenters. The number of rotatable bonds is 2. The molecule has 2 heterocycles. The topological polar surface area (TPSA) is 96.5 Å². The molecule has 6 nitrogen and oxygen atoms in total. The van der Waals surface area contributed by atoms with Crippen LogP contribution in [0.25, 0.3) is 10.9 Å². The normalized spacial score (nSPS) is 21.8. The van der Waals surface area contributed by atoms with Gasteiger partial charge in [0.2, 0.25) is 0 Å². The molecule has 0 radical (unpaired) electrons. The Hall–Kier alpha value is -2.47. The summed E-state index contributed by atoms with van der Waals surface area (Å²) in [6.45, 7) is 0.436. The van der Waals surface area contributed by atoms with Gasteiger partial charge in [-0.15, -0.1) is 0 Å². The number of aromatic nitrogens is 1. The number of piperidine rings is 1. The summed E-state index contributed by atoms with van der Waals surface area (Å²) in [4.78, 5) is 29.7. The number of nitrogens with zero attached hydrogens (tertiary/aromatic N) is 2. The Morgan fingerprint density at radius 2 is 2.14 bits per heavy atom. The summed E-state index contributed by atoms with van der Waals surface area (Å²) in [5.74, 6) is -1.00. The predicted molar refractivity (Wildman–Crippen MR) is 81.0 cm³/mol. The van der Waals surface area contributed by atoms with Gasteiger partial charge in [-0.3, -0.25) is 14.6 Å². The number of likely N-dealkylation sites (tertiary alicyclic amines) is 1. The van der Waals surface area contributed by atoms with Crippen molar-refractivity contribution < 1.29 is 14.7 Å². The number of aliphatic hydroxyl groups is 1. The lowest BCUT2D eigenvalue weighted by molar-refractivity contribution is -0.140. The van der Waals surface area contributed by atoms with Gasteiger partial charge in [0.05, 0.1) is 12.1 Å². The first kappa shape index (κ1) is 14.5. The minimum atomic E-state index is -1.63. The van der Waals surface area contributed by atoms with Gasteiger partial charge in [0.15, 0.2) is 5.60 Å². The van der Waals surface area contributed by atoms with Gasteiger partial charge in [0.1, 0.15) is 0 Å². The third-order valence-electron chi connectivity index (χ3n) is 4.07. The largest absolute Gasteiger partial charge is 0.378 e. The van der Waals surface area contributed by atoms with Crippen LogP contribution in [0.4, 0.5) is 0 Å². The molecule has 0 bridgehead atoms. The zero-order valence-electron chi connectivity index (χ0n) is 12.0. The van der Waals surface area contributed by atoms with Crippen molar-refractivity contribution in [3.05, 3.63) is 42.1 Å². The smallest absolute Gasteiger partial charge is 0.253 e. The fourth-order valence-corrected chi connectivity index (χ4v) is 2.80. The summed E-state index contributed by atoms with van der Waals surface area (Å²) in [5, 5.41) is 11.1. The second kappa shape index (κ2) is 5.38. The lowest BCUT2D eigenvalue weighted by Gasteiger charge is -2.37. The second-order valence-corrected chi connectivity index (χ2v) is 5.64. The van der Waals surface area contributed by atoms with Crippen molar-refractivity contribution >= 4 is 22.7 Å². The van der Waals surface area contributed by atoms with Gasteiger partial charge in [-0.25, -0.2) is 0 Å². The molecule has 3 N–H and O–H groups in total. The minimum Gasteiger partial charge on any atom is -0.378 e. The van der Waals surface area contributed by atoms with Crippen molar-refractivity contribution in [1.82, 2.24) is 9.88 Å². The van der Waals surface area contributed by atoms with E-state index in [0.29, 0.717) is 18.5 Å². The maximum Gasteiger partial charge on any atom is 0.253 e. The molecular formula is C16H17N3O3. The number of primary amides is 1. The summed E-state index contributed by atoms with van der Waals surface area (Å²) in [6.07, 6.45) is 2.52. The minimum absolute atomic E-state index is 0.0633. The Bertz CT molecular complexity index is 746. The van der Waals surface area contributed by atoms with E-state index in [0.717, 1.165) is 10.9 Å². The lowest BCUT2D eigenvalue weighted by Crippen LogP contribution is -2.57. The summed E-state index contributed by atoms with van der Waals surface area (Å²) in [7, 11) is 0. The molecule has 2 aromatic rings. The van der Waals surface area contributed by atoms with Gasteiger partial charge in [-0.2, -0.15) is 0 Å². The van der Waals surface area contributed by atoms with Crippen molar-refractivity contribution in [3.8, 4) is 0 Å². The number of carbonyl (C=O) groups excluding carboxylic acids is 2. The molecule has 0 aliphatic carbocycles. The van der Waals surface area contributed by atoms with Crippen LogP contribution >= 0.6 is 0 Å². The fraction of sp³-hybridized carbons (Fsp3) is 0.312. The number of amides is 2. The van der Waals surface area contributed by atoms with E-state index in [9.17, 15) is 14.7 Å². The van der Waals surface area contributed by atoms with E-state index in [2.05, 4.69) is 4.98 Å². The first-order chi connectivity index (χ1) is 10.5. The van der Waals surface area contributed by atoms with Crippen molar-refractivity contribution in [3.63, 3.8) is 0 Å². The Labute approximate surface area is 127 Å². The molecule has 1 fully saturated rings. The lowest BCUT2D eigenvalue weighted by atomic mass is 9.91. The van der Waals surface area contributed by atoms with E-state index < -0.39 is 11.5 Å². The highest BCUT2D eigenvalue weighted by Gasteiger charge is 2.40. The molecule has 1 aromatic heterocycles. The van der Waals surface area contributed by atoms with Crippen LogP contribution in [0.3, 0.4) is 0 Å². The number of hydrogen-bond donors (Lipinski definition) is 2. The molecule has 1 aromatic carbocycles. The highest BCUT2D eigenvalue weighted by atomic mass is 16.3. The average molecular weight is 299 g/mol. The zero-order chi connectivity index (χ0) is 15.7. The molecule has 3 rings (SSSR count). The number of nitrogens with two attached hydrogens (primary N) is 1. The van der Waals surface area contributed by atoms with E-state index in [1.165, 1.54) is 4.90 Å². The van der Waals surface area contributed by atoms with Crippen molar-refractivity contribution in [2.45, 2.75) is 18.4 Å². The van der Waals surface area contributed by atoms with Gasteiger partial charge < -0.3 is 15.7 Å². The number of benzene rings is 1. The molecule has 1 saturated heterocycles. The third-order valence-corrected chi connectivity index (χ3v) is 4.07. The van der Waals surface area contributed by atoms with E-state index in [1.807, 2.05) is 12.1 Å². The summed E-state index contributed by atoms with van der Waals surface area (Å²) >= 11 is 0. The van der Waals surface area contributed by atoms with Crippen LogP contribution in [0.1, 0.15) is 23.2 Å². The third kappa shape index (κ3) is 2.53. The number of pyridine rings is 1.